The minimum atomic E-state index is -0.747. The number of anilines is 1. The zero-order chi connectivity index (χ0) is 16.6. The third kappa shape index (κ3) is 2.96. The normalized spacial score (nSPS) is 17.3. The average Bonchev–Trinajstić information content (AvgIpc) is 2.88. The molecule has 1 aromatic carbocycles. The lowest BCUT2D eigenvalue weighted by Gasteiger charge is -2.23. The first-order chi connectivity index (χ1) is 11.0. The van der Waals surface area contributed by atoms with Crippen LogP contribution in [-0.2, 0) is 11.2 Å². The predicted octanol–water partition coefficient (Wildman–Crippen LogP) is 3.61. The quantitative estimate of drug-likeness (QED) is 0.845. The van der Waals surface area contributed by atoms with Crippen LogP contribution >= 0.6 is 0 Å². The first kappa shape index (κ1) is 15.6. The Hall–Kier alpha value is -2.30. The Morgan fingerprint density at radius 1 is 1.39 bits per heavy atom. The van der Waals surface area contributed by atoms with Crippen LogP contribution in [0.25, 0.3) is 11.3 Å². The van der Waals surface area contributed by atoms with Crippen LogP contribution in [0, 0.1) is 0 Å². The first-order valence-electron chi connectivity index (χ1n) is 8.16. The molecule has 3 rings (SSSR count). The average molecular weight is 313 g/mol. The molecule has 0 saturated heterocycles. The van der Waals surface area contributed by atoms with Gasteiger partial charge in [-0.1, -0.05) is 12.1 Å². The molecule has 0 amide bonds. The fourth-order valence-corrected chi connectivity index (χ4v) is 3.52. The first-order valence-corrected chi connectivity index (χ1v) is 8.16. The van der Waals surface area contributed by atoms with Crippen molar-refractivity contribution in [1.82, 2.24) is 9.78 Å². The minimum Gasteiger partial charge on any atom is -0.481 e. The van der Waals surface area contributed by atoms with Gasteiger partial charge >= 0.3 is 5.97 Å². The van der Waals surface area contributed by atoms with E-state index in [9.17, 15) is 9.90 Å². The highest BCUT2D eigenvalue weighted by molar-refractivity contribution is 5.72. The van der Waals surface area contributed by atoms with Crippen molar-refractivity contribution in [2.45, 2.75) is 51.5 Å². The molecule has 0 bridgehead atoms. The van der Waals surface area contributed by atoms with Gasteiger partial charge < -0.3 is 10.8 Å². The van der Waals surface area contributed by atoms with Gasteiger partial charge in [0.1, 0.15) is 0 Å². The van der Waals surface area contributed by atoms with E-state index in [4.69, 9.17) is 10.8 Å². The lowest BCUT2D eigenvalue weighted by molar-refractivity contribution is -0.137. The maximum atomic E-state index is 11.3. The van der Waals surface area contributed by atoms with Gasteiger partial charge in [0.05, 0.1) is 12.1 Å². The number of hydrogen-bond donors (Lipinski definition) is 2. The van der Waals surface area contributed by atoms with Gasteiger partial charge in [0.25, 0.3) is 0 Å². The second kappa shape index (κ2) is 6.07. The van der Waals surface area contributed by atoms with E-state index in [0.717, 1.165) is 36.1 Å². The van der Waals surface area contributed by atoms with Crippen LogP contribution in [0.2, 0.25) is 0 Å². The molecule has 122 valence electrons. The Kier molecular flexibility index (Phi) is 4.11. The number of carboxylic acids is 1. The molecule has 1 heterocycles. The van der Waals surface area contributed by atoms with Crippen LogP contribution in [-0.4, -0.2) is 20.9 Å². The molecule has 0 aliphatic heterocycles. The molecule has 1 unspecified atom stereocenters. The van der Waals surface area contributed by atoms with Crippen molar-refractivity contribution in [3.63, 3.8) is 0 Å². The second-order valence-corrected chi connectivity index (χ2v) is 6.56. The van der Waals surface area contributed by atoms with Crippen molar-refractivity contribution >= 4 is 11.7 Å². The highest BCUT2D eigenvalue weighted by Crippen LogP contribution is 2.41. The van der Waals surface area contributed by atoms with Crippen LogP contribution < -0.4 is 5.73 Å². The van der Waals surface area contributed by atoms with E-state index in [0.29, 0.717) is 5.69 Å². The molecule has 1 atom stereocenters. The summed E-state index contributed by atoms with van der Waals surface area (Å²) in [7, 11) is 0. The summed E-state index contributed by atoms with van der Waals surface area (Å²) in [6, 6.07) is 7.93. The SMILES string of the molecule is CC(C)n1nc(-c2ccc(N)cc2)c2c1CCCC2CC(=O)O. The van der Waals surface area contributed by atoms with Gasteiger partial charge in [0.2, 0.25) is 0 Å². The number of rotatable bonds is 4. The fourth-order valence-electron chi connectivity index (χ4n) is 3.52. The number of nitrogens with two attached hydrogens (primary N) is 1. The number of benzene rings is 1. The largest absolute Gasteiger partial charge is 0.481 e. The van der Waals surface area contributed by atoms with Crippen molar-refractivity contribution in [3.8, 4) is 11.3 Å². The van der Waals surface area contributed by atoms with E-state index >= 15 is 0 Å². The summed E-state index contributed by atoms with van der Waals surface area (Å²) < 4.78 is 2.06. The smallest absolute Gasteiger partial charge is 0.303 e. The zero-order valence-electron chi connectivity index (χ0n) is 13.6. The maximum absolute atomic E-state index is 11.3. The Balaban J connectivity index is 2.15. The molecule has 1 aliphatic carbocycles. The number of hydrogen-bond acceptors (Lipinski definition) is 3. The van der Waals surface area contributed by atoms with Crippen molar-refractivity contribution in [2.24, 2.45) is 0 Å². The van der Waals surface area contributed by atoms with E-state index in [1.165, 1.54) is 5.69 Å². The maximum Gasteiger partial charge on any atom is 0.303 e. The Morgan fingerprint density at radius 2 is 2.09 bits per heavy atom. The van der Waals surface area contributed by atoms with Crippen molar-refractivity contribution in [3.05, 3.63) is 35.5 Å². The number of aromatic nitrogens is 2. The van der Waals surface area contributed by atoms with Gasteiger partial charge in [-0.05, 0) is 51.2 Å². The predicted molar refractivity (Wildman–Crippen MR) is 90.4 cm³/mol. The molecule has 0 fully saturated rings. The fraction of sp³-hybridized carbons (Fsp3) is 0.444. The van der Waals surface area contributed by atoms with E-state index in [1.807, 2.05) is 24.3 Å². The van der Waals surface area contributed by atoms with Crippen LogP contribution in [0.4, 0.5) is 5.69 Å². The highest BCUT2D eigenvalue weighted by Gasteiger charge is 2.31. The van der Waals surface area contributed by atoms with Crippen molar-refractivity contribution in [2.75, 3.05) is 5.73 Å². The number of nitrogens with zero attached hydrogens (tertiary/aromatic N) is 2. The molecule has 1 aliphatic rings. The Morgan fingerprint density at radius 3 is 2.70 bits per heavy atom. The number of carbonyl (C=O) groups is 1. The third-order valence-electron chi connectivity index (χ3n) is 4.52. The summed E-state index contributed by atoms with van der Waals surface area (Å²) in [6.45, 7) is 4.22. The van der Waals surface area contributed by atoms with Gasteiger partial charge in [0, 0.05) is 28.6 Å². The number of carboxylic acid groups (broad SMARTS) is 1. The monoisotopic (exact) mass is 313 g/mol. The standard InChI is InChI=1S/C18H23N3O2/c1-11(2)21-15-5-3-4-13(10-16(22)23)17(15)18(20-21)12-6-8-14(19)9-7-12/h6-9,11,13H,3-5,10,19H2,1-2H3,(H,22,23). The van der Waals surface area contributed by atoms with Gasteiger partial charge in [-0.15, -0.1) is 0 Å². The minimum absolute atomic E-state index is 0.0382. The molecule has 23 heavy (non-hydrogen) atoms. The number of fused-ring (bicyclic) bond motifs is 1. The topological polar surface area (TPSA) is 81.1 Å². The van der Waals surface area contributed by atoms with E-state index < -0.39 is 5.97 Å². The van der Waals surface area contributed by atoms with E-state index in [2.05, 4.69) is 18.5 Å². The van der Waals surface area contributed by atoms with E-state index in [-0.39, 0.29) is 18.4 Å². The molecular formula is C18H23N3O2. The molecule has 1 aromatic heterocycles. The van der Waals surface area contributed by atoms with Crippen LogP contribution in [0.5, 0.6) is 0 Å². The van der Waals surface area contributed by atoms with Gasteiger partial charge in [-0.25, -0.2) is 0 Å². The van der Waals surface area contributed by atoms with Crippen LogP contribution in [0.1, 0.15) is 56.3 Å². The molecule has 0 saturated carbocycles. The lowest BCUT2D eigenvalue weighted by Crippen LogP contribution is -2.16. The molecule has 0 radical (unpaired) electrons. The summed E-state index contributed by atoms with van der Waals surface area (Å²) in [6.07, 6.45) is 3.06. The molecule has 5 nitrogen and oxygen atoms in total. The number of nitrogen functional groups attached to an aromatic ring is 1. The molecular weight excluding hydrogens is 290 g/mol. The summed E-state index contributed by atoms with van der Waals surface area (Å²) in [5, 5.41) is 14.1. The lowest BCUT2D eigenvalue weighted by atomic mass is 9.82. The molecule has 0 spiro atoms. The van der Waals surface area contributed by atoms with Crippen LogP contribution in [0.15, 0.2) is 24.3 Å². The summed E-state index contributed by atoms with van der Waals surface area (Å²) in [4.78, 5) is 11.3. The summed E-state index contributed by atoms with van der Waals surface area (Å²) >= 11 is 0. The van der Waals surface area contributed by atoms with E-state index in [1.54, 1.807) is 0 Å². The zero-order valence-corrected chi connectivity index (χ0v) is 13.6. The van der Waals surface area contributed by atoms with Crippen molar-refractivity contribution in [1.29, 1.82) is 0 Å². The summed E-state index contributed by atoms with van der Waals surface area (Å²) in [5.41, 5.74) is 10.7. The Labute approximate surface area is 136 Å². The van der Waals surface area contributed by atoms with Crippen molar-refractivity contribution < 1.29 is 9.90 Å². The number of aliphatic carboxylic acids is 1. The Bertz CT molecular complexity index is 717. The van der Waals surface area contributed by atoms with Gasteiger partial charge in [-0.3, -0.25) is 9.48 Å². The van der Waals surface area contributed by atoms with Gasteiger partial charge in [0.15, 0.2) is 0 Å². The third-order valence-corrected chi connectivity index (χ3v) is 4.52. The van der Waals surface area contributed by atoms with Gasteiger partial charge in [-0.2, -0.15) is 5.10 Å². The van der Waals surface area contributed by atoms with Crippen LogP contribution in [0.3, 0.4) is 0 Å². The highest BCUT2D eigenvalue weighted by atomic mass is 16.4. The molecule has 3 N–H and O–H groups in total. The summed E-state index contributed by atoms with van der Waals surface area (Å²) in [5.74, 6) is -0.709. The molecule has 2 aromatic rings. The second-order valence-electron chi connectivity index (χ2n) is 6.56. The molecule has 5 heteroatoms.